The number of carbonyl (C=O) groups excluding carboxylic acids is 1. The van der Waals surface area contributed by atoms with Crippen LogP contribution in [-0.2, 0) is 20.2 Å². The molecule has 170 valence electrons. The maximum atomic E-state index is 12.0. The number of sulfone groups is 1. The summed E-state index contributed by atoms with van der Waals surface area (Å²) in [6, 6.07) is 9.49. The van der Waals surface area contributed by atoms with Crippen LogP contribution in [0.3, 0.4) is 0 Å². The molecule has 3 heterocycles. The molecule has 0 atom stereocenters. The molecule has 1 amide bonds. The number of rotatable bonds is 6. The minimum Gasteiger partial charge on any atom is -0.386 e. The number of hydrogen-bond acceptors (Lipinski definition) is 9. The van der Waals surface area contributed by atoms with E-state index in [1.165, 1.54) is 31.5 Å². The Hall–Kier alpha value is -3.88. The van der Waals surface area contributed by atoms with Crippen molar-refractivity contribution in [2.75, 3.05) is 16.9 Å². The molecule has 33 heavy (non-hydrogen) atoms. The Balaban J connectivity index is 2.12. The third kappa shape index (κ3) is 5.88. The Labute approximate surface area is 191 Å². The van der Waals surface area contributed by atoms with E-state index >= 15 is 0 Å². The zero-order chi connectivity index (χ0) is 24.4. The van der Waals surface area contributed by atoms with Crippen molar-refractivity contribution in [1.29, 1.82) is 5.26 Å². The van der Waals surface area contributed by atoms with Crippen molar-refractivity contribution in [3.8, 4) is 17.3 Å². The Morgan fingerprint density at radius 1 is 1.12 bits per heavy atom. The molecule has 0 unspecified atom stereocenters. The fourth-order valence-electron chi connectivity index (χ4n) is 2.89. The molecule has 0 aromatic carbocycles. The largest absolute Gasteiger partial charge is 0.386 e. The minimum absolute atomic E-state index is 0.110. The van der Waals surface area contributed by atoms with Crippen LogP contribution in [0, 0.1) is 11.3 Å². The highest BCUT2D eigenvalue weighted by Crippen LogP contribution is 2.31. The van der Waals surface area contributed by atoms with Crippen molar-refractivity contribution in [3.05, 3.63) is 53.9 Å². The van der Waals surface area contributed by atoms with Gasteiger partial charge in [-0.2, -0.15) is 5.26 Å². The lowest BCUT2D eigenvalue weighted by molar-refractivity contribution is -0.114. The number of nitriles is 1. The summed E-state index contributed by atoms with van der Waals surface area (Å²) in [4.78, 5) is 24.2. The summed E-state index contributed by atoms with van der Waals surface area (Å²) in [5, 5.41) is 24.8. The summed E-state index contributed by atoms with van der Waals surface area (Å²) in [5.41, 5.74) is 1.11. The molecule has 0 aliphatic carbocycles. The van der Waals surface area contributed by atoms with Crippen LogP contribution in [-0.4, -0.2) is 40.6 Å². The third-order valence-electron chi connectivity index (χ3n) is 4.53. The van der Waals surface area contributed by atoms with Gasteiger partial charge >= 0.3 is 0 Å². The molecule has 0 spiro atoms. The molecule has 0 saturated carbocycles. The number of carbonyl (C=O) groups is 1. The Morgan fingerprint density at radius 3 is 2.39 bits per heavy atom. The van der Waals surface area contributed by atoms with Gasteiger partial charge in [-0.05, 0) is 32.0 Å². The van der Waals surface area contributed by atoms with Gasteiger partial charge in [-0.3, -0.25) is 9.78 Å². The van der Waals surface area contributed by atoms with E-state index < -0.39 is 15.4 Å². The predicted molar refractivity (Wildman–Crippen MR) is 122 cm³/mol. The summed E-state index contributed by atoms with van der Waals surface area (Å²) >= 11 is 0. The zero-order valence-electron chi connectivity index (χ0n) is 18.4. The molecule has 0 bridgehead atoms. The molecule has 0 aliphatic heterocycles. The van der Waals surface area contributed by atoms with Crippen LogP contribution < -0.4 is 10.6 Å². The van der Waals surface area contributed by atoms with Gasteiger partial charge in [0.2, 0.25) is 5.91 Å². The van der Waals surface area contributed by atoms with Gasteiger partial charge in [0.25, 0.3) is 0 Å². The first-order valence-corrected chi connectivity index (χ1v) is 11.6. The molecule has 0 radical (unpaired) electrons. The smallest absolute Gasteiger partial charge is 0.222 e. The number of nitrogens with one attached hydrogen (secondary N) is 2. The Kier molecular flexibility index (Phi) is 6.44. The summed E-state index contributed by atoms with van der Waals surface area (Å²) in [6.07, 6.45) is 4.03. The summed E-state index contributed by atoms with van der Waals surface area (Å²) in [5.74, 6) is 0.0447. The van der Waals surface area contributed by atoms with Gasteiger partial charge in [0.1, 0.15) is 11.6 Å². The van der Waals surface area contributed by atoms with Gasteiger partial charge in [-0.25, -0.2) is 18.4 Å². The Morgan fingerprint density at radius 2 is 1.85 bits per heavy atom. The van der Waals surface area contributed by atoms with E-state index in [9.17, 15) is 23.6 Å². The lowest BCUT2D eigenvalue weighted by Crippen LogP contribution is -2.15. The molecule has 10 nitrogen and oxygen atoms in total. The van der Waals surface area contributed by atoms with Gasteiger partial charge in [0, 0.05) is 42.8 Å². The molecule has 3 aromatic rings. The molecule has 0 aliphatic rings. The van der Waals surface area contributed by atoms with Gasteiger partial charge in [-0.1, -0.05) is 6.07 Å². The van der Waals surface area contributed by atoms with Gasteiger partial charge < -0.3 is 15.7 Å². The van der Waals surface area contributed by atoms with Crippen molar-refractivity contribution in [1.82, 2.24) is 15.0 Å². The highest BCUT2D eigenvalue weighted by atomic mass is 32.2. The Bertz CT molecular complexity index is 1360. The number of anilines is 3. The molecule has 3 rings (SSSR count). The van der Waals surface area contributed by atoms with Crippen LogP contribution in [0.15, 0.2) is 47.8 Å². The third-order valence-corrected chi connectivity index (χ3v) is 5.50. The standard InChI is InChI=1S/C22H22N6O4S/c1-13(29)26-19-9-18(27-20-7-14(10-23)8-21(28-20)33(4,31)32)16(12-25-19)17-6-5-15(11-24-17)22(2,3)30/h5-9,11-12,30H,1-4H3,(H2,25,26,27,28,29). The van der Waals surface area contributed by atoms with Gasteiger partial charge in [-0.15, -0.1) is 0 Å². The molecule has 0 fully saturated rings. The van der Waals surface area contributed by atoms with E-state index in [1.807, 2.05) is 6.07 Å². The predicted octanol–water partition coefficient (Wildman–Crippen LogP) is 2.74. The number of nitrogens with zero attached hydrogens (tertiary/aromatic N) is 4. The molecular weight excluding hydrogens is 444 g/mol. The van der Waals surface area contributed by atoms with Crippen LogP contribution in [0.25, 0.3) is 11.3 Å². The first-order chi connectivity index (χ1) is 15.4. The monoisotopic (exact) mass is 466 g/mol. The molecular formula is C22H22N6O4S. The zero-order valence-corrected chi connectivity index (χ0v) is 19.2. The number of hydrogen-bond donors (Lipinski definition) is 3. The normalized spacial score (nSPS) is 11.5. The van der Waals surface area contributed by atoms with Crippen molar-refractivity contribution in [2.24, 2.45) is 0 Å². The summed E-state index contributed by atoms with van der Waals surface area (Å²) in [6.45, 7) is 4.64. The summed E-state index contributed by atoms with van der Waals surface area (Å²) < 4.78 is 24.0. The summed E-state index contributed by atoms with van der Waals surface area (Å²) in [7, 11) is -3.66. The molecule has 3 aromatic heterocycles. The van der Waals surface area contributed by atoms with E-state index in [2.05, 4.69) is 25.6 Å². The topological polar surface area (TPSA) is 158 Å². The SMILES string of the molecule is CC(=O)Nc1cc(Nc2cc(C#N)cc(S(C)(=O)=O)n2)c(-c2ccc(C(C)(C)O)cn2)cn1. The number of aromatic nitrogens is 3. The van der Waals surface area contributed by atoms with E-state index in [-0.39, 0.29) is 28.1 Å². The van der Waals surface area contributed by atoms with Crippen molar-refractivity contribution >= 4 is 33.1 Å². The second-order valence-electron chi connectivity index (χ2n) is 7.88. The lowest BCUT2D eigenvalue weighted by Gasteiger charge is -2.18. The van der Waals surface area contributed by atoms with Crippen molar-refractivity contribution in [2.45, 2.75) is 31.4 Å². The second kappa shape index (κ2) is 8.93. The van der Waals surface area contributed by atoms with E-state index in [4.69, 9.17) is 0 Å². The van der Waals surface area contributed by atoms with Crippen molar-refractivity contribution < 1.29 is 18.3 Å². The second-order valence-corrected chi connectivity index (χ2v) is 9.84. The highest BCUT2D eigenvalue weighted by Gasteiger charge is 2.18. The van der Waals surface area contributed by atoms with Crippen LogP contribution in [0.5, 0.6) is 0 Å². The average molecular weight is 467 g/mol. The lowest BCUT2D eigenvalue weighted by atomic mass is 9.99. The van der Waals surface area contributed by atoms with Crippen LogP contribution in [0.1, 0.15) is 31.9 Å². The minimum atomic E-state index is -3.66. The van der Waals surface area contributed by atoms with Gasteiger partial charge in [0.15, 0.2) is 14.9 Å². The van der Waals surface area contributed by atoms with Crippen LogP contribution in [0.2, 0.25) is 0 Å². The molecule has 11 heteroatoms. The number of aliphatic hydroxyl groups is 1. The maximum absolute atomic E-state index is 12.0. The van der Waals surface area contributed by atoms with Crippen molar-refractivity contribution in [3.63, 3.8) is 0 Å². The van der Waals surface area contributed by atoms with Crippen LogP contribution >= 0.6 is 0 Å². The molecule has 3 N–H and O–H groups in total. The highest BCUT2D eigenvalue weighted by molar-refractivity contribution is 7.90. The number of amides is 1. The van der Waals surface area contributed by atoms with E-state index in [0.29, 0.717) is 22.5 Å². The maximum Gasteiger partial charge on any atom is 0.222 e. The fourth-order valence-corrected chi connectivity index (χ4v) is 3.49. The first-order valence-electron chi connectivity index (χ1n) is 9.73. The number of pyridine rings is 3. The van der Waals surface area contributed by atoms with E-state index in [0.717, 1.165) is 6.26 Å². The molecule has 0 saturated heterocycles. The van der Waals surface area contributed by atoms with Crippen LogP contribution in [0.4, 0.5) is 17.3 Å². The average Bonchev–Trinajstić information content (AvgIpc) is 2.72. The quantitative estimate of drug-likeness (QED) is 0.496. The van der Waals surface area contributed by atoms with E-state index in [1.54, 1.807) is 32.0 Å². The first kappa shape index (κ1) is 23.8. The van der Waals surface area contributed by atoms with Gasteiger partial charge in [0.05, 0.1) is 28.6 Å². The fraction of sp³-hybridized carbons (Fsp3) is 0.227.